The number of hydrogen-bond acceptors (Lipinski definition) is 4. The maximum absolute atomic E-state index is 12.1. The van der Waals surface area contributed by atoms with Gasteiger partial charge in [-0.3, -0.25) is 4.79 Å². The number of piperidine rings is 1. The average Bonchev–Trinajstić information content (AvgIpc) is 2.53. The number of carbonyl (C=O) groups is 1. The first-order valence-electron chi connectivity index (χ1n) is 7.09. The van der Waals surface area contributed by atoms with E-state index in [1.165, 1.54) is 0 Å². The van der Waals surface area contributed by atoms with Gasteiger partial charge in [-0.25, -0.2) is 0 Å². The van der Waals surface area contributed by atoms with Crippen LogP contribution >= 0.6 is 0 Å². The average molecular weight is 288 g/mol. The third kappa shape index (κ3) is 3.88. The van der Waals surface area contributed by atoms with Gasteiger partial charge in [-0.2, -0.15) is 5.26 Å². The number of nitriles is 1. The van der Waals surface area contributed by atoms with Gasteiger partial charge in [-0.1, -0.05) is 6.07 Å². The predicted octanol–water partition coefficient (Wildman–Crippen LogP) is 2.14. The van der Waals surface area contributed by atoms with Crippen molar-refractivity contribution >= 4 is 5.91 Å². The van der Waals surface area contributed by atoms with Crippen molar-refractivity contribution in [3.05, 3.63) is 23.8 Å². The predicted molar refractivity (Wildman–Crippen MR) is 78.1 cm³/mol. The van der Waals surface area contributed by atoms with Gasteiger partial charge in [-0.15, -0.1) is 0 Å². The van der Waals surface area contributed by atoms with Crippen molar-refractivity contribution in [2.45, 2.75) is 19.8 Å². The van der Waals surface area contributed by atoms with Gasteiger partial charge in [0.15, 0.2) is 18.1 Å². The molecule has 0 atom stereocenters. The first-order chi connectivity index (χ1) is 10.1. The van der Waals surface area contributed by atoms with Gasteiger partial charge in [0.25, 0.3) is 5.91 Å². The van der Waals surface area contributed by atoms with Crippen molar-refractivity contribution < 1.29 is 14.3 Å². The minimum absolute atomic E-state index is 0.00333. The highest BCUT2D eigenvalue weighted by Gasteiger charge is 2.22. The number of carbonyl (C=O) groups excluding carboxylic acids is 1. The van der Waals surface area contributed by atoms with Crippen LogP contribution in [0.4, 0.5) is 0 Å². The third-order valence-electron chi connectivity index (χ3n) is 3.70. The number of benzene rings is 1. The SMILES string of the molecule is COc1cc(C)ccc1OCC(=O)N1CCC(C#N)CC1. The van der Waals surface area contributed by atoms with Gasteiger partial charge >= 0.3 is 0 Å². The molecule has 5 heteroatoms. The van der Waals surface area contributed by atoms with Gasteiger partial charge in [0, 0.05) is 19.0 Å². The molecule has 1 aromatic carbocycles. The number of aryl methyl sites for hydroxylation is 1. The molecule has 0 saturated carbocycles. The molecule has 1 saturated heterocycles. The van der Waals surface area contributed by atoms with E-state index in [9.17, 15) is 4.79 Å². The molecule has 1 fully saturated rings. The fourth-order valence-electron chi connectivity index (χ4n) is 2.38. The molecular weight excluding hydrogens is 268 g/mol. The van der Waals surface area contributed by atoms with Crippen LogP contribution in [0.2, 0.25) is 0 Å². The first kappa shape index (κ1) is 15.2. The molecule has 1 aliphatic rings. The molecule has 0 bridgehead atoms. The van der Waals surface area contributed by atoms with Crippen LogP contribution < -0.4 is 9.47 Å². The second-order valence-electron chi connectivity index (χ2n) is 5.23. The van der Waals surface area contributed by atoms with Gasteiger partial charge < -0.3 is 14.4 Å². The number of rotatable bonds is 4. The van der Waals surface area contributed by atoms with Gasteiger partial charge in [0.2, 0.25) is 0 Å². The van der Waals surface area contributed by atoms with Gasteiger partial charge in [0.1, 0.15) is 0 Å². The van der Waals surface area contributed by atoms with Crippen molar-refractivity contribution in [1.82, 2.24) is 4.90 Å². The van der Waals surface area contributed by atoms with Gasteiger partial charge in [-0.05, 0) is 37.5 Å². The zero-order chi connectivity index (χ0) is 15.2. The standard InChI is InChI=1S/C16H20N2O3/c1-12-3-4-14(15(9-12)20-2)21-11-16(19)18-7-5-13(10-17)6-8-18/h3-4,9,13H,5-8,11H2,1-2H3. The first-order valence-corrected chi connectivity index (χ1v) is 7.09. The van der Waals surface area contributed by atoms with Crippen molar-refractivity contribution in [3.63, 3.8) is 0 Å². The number of nitrogens with zero attached hydrogens (tertiary/aromatic N) is 2. The van der Waals surface area contributed by atoms with E-state index in [4.69, 9.17) is 14.7 Å². The summed E-state index contributed by atoms with van der Waals surface area (Å²) in [6, 6.07) is 7.86. The topological polar surface area (TPSA) is 62.6 Å². The maximum atomic E-state index is 12.1. The lowest BCUT2D eigenvalue weighted by molar-refractivity contribution is -0.134. The highest BCUT2D eigenvalue weighted by Crippen LogP contribution is 2.27. The largest absolute Gasteiger partial charge is 0.493 e. The maximum Gasteiger partial charge on any atom is 0.260 e. The smallest absolute Gasteiger partial charge is 0.260 e. The van der Waals surface area contributed by atoms with Crippen LogP contribution in [0.5, 0.6) is 11.5 Å². The van der Waals surface area contributed by atoms with E-state index in [0.29, 0.717) is 24.6 Å². The molecule has 2 rings (SSSR count). The lowest BCUT2D eigenvalue weighted by atomic mass is 9.99. The van der Waals surface area contributed by atoms with Crippen LogP contribution in [0.25, 0.3) is 0 Å². The lowest BCUT2D eigenvalue weighted by Crippen LogP contribution is -2.40. The molecule has 0 aliphatic carbocycles. The molecule has 1 aliphatic heterocycles. The molecule has 0 aromatic heterocycles. The van der Waals surface area contributed by atoms with Crippen molar-refractivity contribution in [2.75, 3.05) is 26.8 Å². The van der Waals surface area contributed by atoms with Gasteiger partial charge in [0.05, 0.1) is 13.2 Å². The minimum atomic E-state index is -0.0472. The van der Waals surface area contributed by atoms with E-state index in [1.54, 1.807) is 12.0 Å². The number of amides is 1. The minimum Gasteiger partial charge on any atom is -0.493 e. The van der Waals surface area contributed by atoms with Crippen LogP contribution in [0.3, 0.4) is 0 Å². The van der Waals surface area contributed by atoms with E-state index in [-0.39, 0.29) is 18.4 Å². The molecule has 5 nitrogen and oxygen atoms in total. The van der Waals surface area contributed by atoms with Crippen LogP contribution in [0.15, 0.2) is 18.2 Å². The number of methoxy groups -OCH3 is 1. The molecule has 1 amide bonds. The molecule has 112 valence electrons. The summed E-state index contributed by atoms with van der Waals surface area (Å²) in [4.78, 5) is 13.9. The van der Waals surface area contributed by atoms with Crippen molar-refractivity contribution in [2.24, 2.45) is 5.92 Å². The quantitative estimate of drug-likeness (QED) is 0.851. The summed E-state index contributed by atoms with van der Waals surface area (Å²) in [6.07, 6.45) is 1.49. The fourth-order valence-corrected chi connectivity index (χ4v) is 2.38. The third-order valence-corrected chi connectivity index (χ3v) is 3.70. The Hall–Kier alpha value is -2.22. The zero-order valence-electron chi connectivity index (χ0n) is 12.5. The number of likely N-dealkylation sites (tertiary alicyclic amines) is 1. The Morgan fingerprint density at radius 1 is 1.38 bits per heavy atom. The molecular formula is C16H20N2O3. The Balaban J connectivity index is 1.89. The summed E-state index contributed by atoms with van der Waals surface area (Å²) < 4.78 is 10.8. The summed E-state index contributed by atoms with van der Waals surface area (Å²) in [7, 11) is 1.58. The Bertz CT molecular complexity index is 543. The van der Waals surface area contributed by atoms with Crippen LogP contribution in [-0.2, 0) is 4.79 Å². The van der Waals surface area contributed by atoms with Crippen LogP contribution in [0.1, 0.15) is 18.4 Å². The summed E-state index contributed by atoms with van der Waals surface area (Å²) in [6.45, 7) is 3.23. The highest BCUT2D eigenvalue weighted by molar-refractivity contribution is 5.78. The lowest BCUT2D eigenvalue weighted by Gasteiger charge is -2.29. The van der Waals surface area contributed by atoms with Crippen molar-refractivity contribution in [3.8, 4) is 17.6 Å². The Kier molecular flexibility index (Phi) is 5.04. The number of ether oxygens (including phenoxy) is 2. The highest BCUT2D eigenvalue weighted by atomic mass is 16.5. The monoisotopic (exact) mass is 288 g/mol. The molecule has 0 unspecified atom stereocenters. The second-order valence-corrected chi connectivity index (χ2v) is 5.23. The Morgan fingerprint density at radius 2 is 2.10 bits per heavy atom. The van der Waals surface area contributed by atoms with Crippen LogP contribution in [0, 0.1) is 24.2 Å². The molecule has 1 heterocycles. The van der Waals surface area contributed by atoms with E-state index in [1.807, 2.05) is 25.1 Å². The van der Waals surface area contributed by atoms with E-state index in [2.05, 4.69) is 6.07 Å². The summed E-state index contributed by atoms with van der Waals surface area (Å²) in [5, 5.41) is 8.86. The summed E-state index contributed by atoms with van der Waals surface area (Å²) in [5.41, 5.74) is 1.07. The molecule has 0 N–H and O–H groups in total. The van der Waals surface area contributed by atoms with Crippen molar-refractivity contribution in [1.29, 1.82) is 5.26 Å². The molecule has 0 radical (unpaired) electrons. The summed E-state index contributed by atoms with van der Waals surface area (Å²) >= 11 is 0. The fraction of sp³-hybridized carbons (Fsp3) is 0.500. The summed E-state index contributed by atoms with van der Waals surface area (Å²) in [5.74, 6) is 1.23. The Morgan fingerprint density at radius 3 is 2.71 bits per heavy atom. The zero-order valence-corrected chi connectivity index (χ0v) is 12.5. The molecule has 1 aromatic rings. The van der Waals surface area contributed by atoms with E-state index >= 15 is 0 Å². The van der Waals surface area contributed by atoms with E-state index < -0.39 is 0 Å². The number of hydrogen-bond donors (Lipinski definition) is 0. The normalized spacial score (nSPS) is 15.4. The second kappa shape index (κ2) is 6.98. The molecule has 21 heavy (non-hydrogen) atoms. The van der Waals surface area contributed by atoms with Crippen LogP contribution in [-0.4, -0.2) is 37.6 Å². The molecule has 0 spiro atoms. The Labute approximate surface area is 125 Å². The van der Waals surface area contributed by atoms with E-state index in [0.717, 1.165) is 18.4 Å².